The van der Waals surface area contributed by atoms with Crippen molar-refractivity contribution in [3.63, 3.8) is 0 Å². The molecule has 1 saturated heterocycles. The smallest absolute Gasteiger partial charge is 0.241 e. The summed E-state index contributed by atoms with van der Waals surface area (Å²) in [5.41, 5.74) is 0.0633. The van der Waals surface area contributed by atoms with Crippen LogP contribution in [0.4, 0.5) is 5.69 Å². The van der Waals surface area contributed by atoms with Gasteiger partial charge in [0.2, 0.25) is 15.9 Å². The zero-order valence-corrected chi connectivity index (χ0v) is 16.2. The van der Waals surface area contributed by atoms with Crippen LogP contribution in [0.3, 0.4) is 0 Å². The summed E-state index contributed by atoms with van der Waals surface area (Å²) in [7, 11) is -3.56. The fourth-order valence-electron chi connectivity index (χ4n) is 2.88. The average molecular weight is 368 g/mol. The van der Waals surface area contributed by atoms with Crippen molar-refractivity contribution in [2.45, 2.75) is 56.9 Å². The number of carbonyl (C=O) groups excluding carboxylic acids is 1. The number of nitrogens with one attached hydrogen (secondary N) is 2. The zero-order chi connectivity index (χ0) is 18.5. The Morgan fingerprint density at radius 1 is 1.04 bits per heavy atom. The Morgan fingerprint density at radius 2 is 1.60 bits per heavy atom. The number of nitrogens with zero attached hydrogens (tertiary/aromatic N) is 1. The molecule has 1 aromatic rings. The predicted molar refractivity (Wildman–Crippen MR) is 100 cm³/mol. The number of anilines is 1. The van der Waals surface area contributed by atoms with Crippen molar-refractivity contribution in [2.75, 3.05) is 25.0 Å². The third-order valence-electron chi connectivity index (χ3n) is 3.95. The molecular weight excluding hydrogens is 338 g/mol. The monoisotopic (exact) mass is 367 g/mol. The third-order valence-corrected chi connectivity index (χ3v) is 5.73. The standard InChI is InChI=1S/C18H29N3O3S/c1-18(2,3)20-25(23,24)16-10-8-15(9-11-16)19-17(22)14-21-12-6-4-5-7-13-21/h8-11,20H,4-7,12-14H2,1-3H3,(H,19,22). The lowest BCUT2D eigenvalue weighted by atomic mass is 10.1. The van der Waals surface area contributed by atoms with E-state index >= 15 is 0 Å². The van der Waals surface area contributed by atoms with Gasteiger partial charge in [-0.15, -0.1) is 0 Å². The Kier molecular flexibility index (Phi) is 6.59. The molecule has 0 atom stereocenters. The molecule has 1 aliphatic heterocycles. The van der Waals surface area contributed by atoms with Gasteiger partial charge in [0.25, 0.3) is 0 Å². The molecule has 1 fully saturated rings. The second kappa shape index (κ2) is 8.29. The quantitative estimate of drug-likeness (QED) is 0.838. The third kappa shape index (κ3) is 6.76. The van der Waals surface area contributed by atoms with Crippen LogP contribution in [0.15, 0.2) is 29.2 Å². The van der Waals surface area contributed by atoms with Crippen LogP contribution in [-0.2, 0) is 14.8 Å². The second-order valence-electron chi connectivity index (χ2n) is 7.62. The fourth-order valence-corrected chi connectivity index (χ4v) is 4.30. The molecular formula is C18H29N3O3S. The van der Waals surface area contributed by atoms with Crippen molar-refractivity contribution < 1.29 is 13.2 Å². The SMILES string of the molecule is CC(C)(C)NS(=O)(=O)c1ccc(NC(=O)CN2CCCCCC2)cc1. The number of carbonyl (C=O) groups is 1. The van der Waals surface area contributed by atoms with Gasteiger partial charge in [-0.2, -0.15) is 0 Å². The van der Waals surface area contributed by atoms with Gasteiger partial charge in [0.15, 0.2) is 0 Å². The minimum absolute atomic E-state index is 0.0645. The van der Waals surface area contributed by atoms with Gasteiger partial charge in [0, 0.05) is 11.2 Å². The molecule has 0 radical (unpaired) electrons. The molecule has 6 nitrogen and oxygen atoms in total. The fraction of sp³-hybridized carbons (Fsp3) is 0.611. The van der Waals surface area contributed by atoms with Crippen LogP contribution in [0.25, 0.3) is 0 Å². The molecule has 0 saturated carbocycles. The molecule has 2 rings (SSSR count). The van der Waals surface area contributed by atoms with Crippen molar-refractivity contribution in [2.24, 2.45) is 0 Å². The summed E-state index contributed by atoms with van der Waals surface area (Å²) in [6, 6.07) is 6.26. The van der Waals surface area contributed by atoms with Gasteiger partial charge in [-0.25, -0.2) is 13.1 Å². The number of hydrogen-bond donors (Lipinski definition) is 2. The van der Waals surface area contributed by atoms with Crippen molar-refractivity contribution >= 4 is 21.6 Å². The summed E-state index contributed by atoms with van der Waals surface area (Å²) in [6.45, 7) is 7.68. The summed E-state index contributed by atoms with van der Waals surface area (Å²) < 4.78 is 27.2. The average Bonchev–Trinajstić information content (AvgIpc) is 2.74. The highest BCUT2D eigenvalue weighted by atomic mass is 32.2. The predicted octanol–water partition coefficient (Wildman–Crippen LogP) is 2.58. The van der Waals surface area contributed by atoms with Gasteiger partial charge in [-0.1, -0.05) is 12.8 Å². The maximum absolute atomic E-state index is 12.3. The molecule has 1 aliphatic rings. The number of benzene rings is 1. The normalized spacial score (nSPS) is 17.1. The van der Waals surface area contributed by atoms with E-state index < -0.39 is 15.6 Å². The van der Waals surface area contributed by atoms with E-state index in [1.165, 1.54) is 25.0 Å². The van der Waals surface area contributed by atoms with Gasteiger partial charge in [0.05, 0.1) is 11.4 Å². The number of sulfonamides is 1. The van der Waals surface area contributed by atoms with Crippen molar-refractivity contribution in [1.29, 1.82) is 0 Å². The van der Waals surface area contributed by atoms with Gasteiger partial charge in [0.1, 0.15) is 0 Å². The maximum atomic E-state index is 12.3. The lowest BCUT2D eigenvalue weighted by molar-refractivity contribution is -0.117. The molecule has 7 heteroatoms. The highest BCUT2D eigenvalue weighted by Crippen LogP contribution is 2.16. The largest absolute Gasteiger partial charge is 0.325 e. The Morgan fingerprint density at radius 3 is 2.12 bits per heavy atom. The number of amides is 1. The number of likely N-dealkylation sites (tertiary alicyclic amines) is 1. The van der Waals surface area contributed by atoms with Crippen molar-refractivity contribution in [1.82, 2.24) is 9.62 Å². The van der Waals surface area contributed by atoms with Gasteiger partial charge >= 0.3 is 0 Å². The molecule has 1 aromatic carbocycles. The van der Waals surface area contributed by atoms with E-state index in [0.717, 1.165) is 25.9 Å². The first-order chi connectivity index (χ1) is 11.7. The summed E-state index contributed by atoms with van der Waals surface area (Å²) in [6.07, 6.45) is 4.74. The van der Waals surface area contributed by atoms with E-state index in [1.54, 1.807) is 32.9 Å². The summed E-state index contributed by atoms with van der Waals surface area (Å²) in [5, 5.41) is 2.84. The van der Waals surface area contributed by atoms with Crippen LogP contribution in [-0.4, -0.2) is 44.4 Å². The summed E-state index contributed by atoms with van der Waals surface area (Å²) in [4.78, 5) is 14.5. The van der Waals surface area contributed by atoms with Crippen molar-refractivity contribution in [3.05, 3.63) is 24.3 Å². The Balaban J connectivity index is 1.94. The zero-order valence-electron chi connectivity index (χ0n) is 15.3. The first-order valence-corrected chi connectivity index (χ1v) is 10.3. The Hall–Kier alpha value is -1.44. The Labute approximate surface area is 151 Å². The molecule has 0 aliphatic carbocycles. The first kappa shape index (κ1) is 19.9. The topological polar surface area (TPSA) is 78.5 Å². The van der Waals surface area contributed by atoms with Gasteiger partial charge in [-0.05, 0) is 71.0 Å². The number of rotatable bonds is 5. The highest BCUT2D eigenvalue weighted by molar-refractivity contribution is 7.89. The van der Waals surface area contributed by atoms with E-state index in [0.29, 0.717) is 12.2 Å². The molecule has 140 valence electrons. The first-order valence-electron chi connectivity index (χ1n) is 8.82. The van der Waals surface area contributed by atoms with Crippen LogP contribution in [0.5, 0.6) is 0 Å². The lowest BCUT2D eigenvalue weighted by Gasteiger charge is -2.20. The van der Waals surface area contributed by atoms with Crippen molar-refractivity contribution in [3.8, 4) is 0 Å². The van der Waals surface area contributed by atoms with Gasteiger partial charge in [-0.3, -0.25) is 9.69 Å². The summed E-state index contributed by atoms with van der Waals surface area (Å²) >= 11 is 0. The van der Waals surface area contributed by atoms with E-state index in [-0.39, 0.29) is 10.8 Å². The Bertz CT molecular complexity index is 671. The van der Waals surface area contributed by atoms with Crippen LogP contribution in [0, 0.1) is 0 Å². The van der Waals surface area contributed by atoms with Gasteiger partial charge < -0.3 is 5.32 Å². The molecule has 1 amide bonds. The highest BCUT2D eigenvalue weighted by Gasteiger charge is 2.22. The van der Waals surface area contributed by atoms with Crippen LogP contribution >= 0.6 is 0 Å². The molecule has 0 unspecified atom stereocenters. The molecule has 0 aromatic heterocycles. The summed E-state index contributed by atoms with van der Waals surface area (Å²) in [5.74, 6) is -0.0645. The molecule has 0 bridgehead atoms. The maximum Gasteiger partial charge on any atom is 0.241 e. The second-order valence-corrected chi connectivity index (χ2v) is 9.30. The molecule has 25 heavy (non-hydrogen) atoms. The van der Waals surface area contributed by atoms with Crippen LogP contribution < -0.4 is 10.0 Å². The van der Waals surface area contributed by atoms with E-state index in [9.17, 15) is 13.2 Å². The van der Waals surface area contributed by atoms with Crippen LogP contribution in [0.1, 0.15) is 46.5 Å². The van der Waals surface area contributed by atoms with E-state index in [4.69, 9.17) is 0 Å². The minimum Gasteiger partial charge on any atom is -0.325 e. The lowest BCUT2D eigenvalue weighted by Crippen LogP contribution is -2.40. The molecule has 2 N–H and O–H groups in total. The van der Waals surface area contributed by atoms with E-state index in [1.807, 2.05) is 0 Å². The van der Waals surface area contributed by atoms with Crippen LogP contribution in [0.2, 0.25) is 0 Å². The molecule has 1 heterocycles. The molecule has 0 spiro atoms. The minimum atomic E-state index is -3.56. The van der Waals surface area contributed by atoms with E-state index in [2.05, 4.69) is 14.9 Å². The number of hydrogen-bond acceptors (Lipinski definition) is 4.